The molecule has 1 heterocycles. The molecule has 1 aromatic heterocycles. The maximum Gasteiger partial charge on any atom is 0.0656 e. The quantitative estimate of drug-likeness (QED) is 0.675. The molecular weight excluding hydrogens is 148 g/mol. The molecule has 2 aromatic rings. The molecule has 2 nitrogen and oxygen atoms in total. The number of hydrogen-bond acceptors (Lipinski definition) is 1. The van der Waals surface area contributed by atoms with E-state index in [4.69, 9.17) is 0 Å². The lowest BCUT2D eigenvalue weighted by atomic mass is 10.1. The first-order valence-corrected chi connectivity index (χ1v) is 4.29. The summed E-state index contributed by atoms with van der Waals surface area (Å²) >= 11 is 0. The van der Waals surface area contributed by atoms with Gasteiger partial charge in [-0.25, -0.2) is 0 Å². The van der Waals surface area contributed by atoms with Gasteiger partial charge in [0.15, 0.2) is 0 Å². The van der Waals surface area contributed by atoms with Crippen LogP contribution >= 0.6 is 0 Å². The second kappa shape index (κ2) is 2.09. The molecule has 1 saturated carbocycles. The van der Waals surface area contributed by atoms with E-state index >= 15 is 0 Å². The second-order valence-corrected chi connectivity index (χ2v) is 3.39. The van der Waals surface area contributed by atoms with Gasteiger partial charge in [-0.3, -0.25) is 5.10 Å². The second-order valence-electron chi connectivity index (χ2n) is 3.39. The summed E-state index contributed by atoms with van der Waals surface area (Å²) in [5, 5.41) is 8.00. The summed E-state index contributed by atoms with van der Waals surface area (Å²) in [6.07, 6.45) is 4.50. The van der Waals surface area contributed by atoms with Crippen LogP contribution in [0, 0.1) is 6.07 Å². The van der Waals surface area contributed by atoms with Gasteiger partial charge in [-0.05, 0) is 36.5 Å². The highest BCUT2D eigenvalue weighted by Gasteiger charge is 2.23. The Bertz CT molecular complexity index is 412. The van der Waals surface area contributed by atoms with Crippen LogP contribution in [-0.4, -0.2) is 10.2 Å². The van der Waals surface area contributed by atoms with Gasteiger partial charge >= 0.3 is 0 Å². The van der Waals surface area contributed by atoms with E-state index in [1.807, 2.05) is 6.20 Å². The molecule has 2 heteroatoms. The largest absolute Gasteiger partial charge is 0.278 e. The molecule has 59 valence electrons. The summed E-state index contributed by atoms with van der Waals surface area (Å²) < 4.78 is 0. The van der Waals surface area contributed by atoms with E-state index in [1.165, 1.54) is 18.4 Å². The highest BCUT2D eigenvalue weighted by atomic mass is 15.1. The molecule has 0 aliphatic heterocycles. The van der Waals surface area contributed by atoms with E-state index in [-0.39, 0.29) is 0 Å². The van der Waals surface area contributed by atoms with Crippen molar-refractivity contribution in [1.29, 1.82) is 0 Å². The average molecular weight is 157 g/mol. The number of fused-ring (bicyclic) bond motifs is 1. The van der Waals surface area contributed by atoms with E-state index in [0.717, 1.165) is 16.8 Å². The first-order valence-electron chi connectivity index (χ1n) is 4.29. The van der Waals surface area contributed by atoms with Crippen molar-refractivity contribution in [3.63, 3.8) is 0 Å². The van der Waals surface area contributed by atoms with Crippen LogP contribution < -0.4 is 0 Å². The van der Waals surface area contributed by atoms with Crippen molar-refractivity contribution in [3.05, 3.63) is 30.0 Å². The van der Waals surface area contributed by atoms with Crippen LogP contribution in [0.15, 0.2) is 18.3 Å². The van der Waals surface area contributed by atoms with Gasteiger partial charge < -0.3 is 0 Å². The van der Waals surface area contributed by atoms with Gasteiger partial charge in [0.05, 0.1) is 11.7 Å². The molecule has 0 unspecified atom stereocenters. The third-order valence-corrected chi connectivity index (χ3v) is 2.39. The highest BCUT2D eigenvalue weighted by Crippen LogP contribution is 2.40. The van der Waals surface area contributed by atoms with Crippen LogP contribution in [0.1, 0.15) is 24.3 Å². The van der Waals surface area contributed by atoms with Crippen molar-refractivity contribution in [2.45, 2.75) is 18.8 Å². The summed E-state index contributed by atoms with van der Waals surface area (Å²) in [5.41, 5.74) is 2.43. The average Bonchev–Trinajstić information content (AvgIpc) is 2.84. The molecule has 3 rings (SSSR count). The predicted molar refractivity (Wildman–Crippen MR) is 46.9 cm³/mol. The fourth-order valence-corrected chi connectivity index (χ4v) is 1.53. The number of nitrogens with zero attached hydrogens (tertiary/aromatic N) is 1. The Labute approximate surface area is 70.6 Å². The van der Waals surface area contributed by atoms with Crippen molar-refractivity contribution >= 4 is 10.9 Å². The van der Waals surface area contributed by atoms with E-state index in [2.05, 4.69) is 28.4 Å². The first kappa shape index (κ1) is 6.23. The van der Waals surface area contributed by atoms with E-state index in [0.29, 0.717) is 0 Å². The van der Waals surface area contributed by atoms with Crippen molar-refractivity contribution < 1.29 is 0 Å². The molecule has 1 aromatic carbocycles. The highest BCUT2D eigenvalue weighted by molar-refractivity contribution is 5.77. The number of benzene rings is 1. The van der Waals surface area contributed by atoms with E-state index in [1.54, 1.807) is 0 Å². The predicted octanol–water partition coefficient (Wildman–Crippen LogP) is 2.24. The van der Waals surface area contributed by atoms with Gasteiger partial charge in [0.2, 0.25) is 0 Å². The molecule has 1 aliphatic rings. The molecule has 0 saturated heterocycles. The molecule has 0 amide bonds. The van der Waals surface area contributed by atoms with Crippen molar-refractivity contribution in [3.8, 4) is 0 Å². The molecule has 1 aliphatic carbocycles. The van der Waals surface area contributed by atoms with Gasteiger partial charge in [0.25, 0.3) is 0 Å². The summed E-state index contributed by atoms with van der Waals surface area (Å²) in [5.74, 6) is 0.782. The zero-order valence-electron chi connectivity index (χ0n) is 6.67. The van der Waals surface area contributed by atoms with Gasteiger partial charge in [-0.15, -0.1) is 0 Å². The molecule has 1 radical (unpaired) electrons. The topological polar surface area (TPSA) is 28.7 Å². The minimum atomic E-state index is 0.782. The Kier molecular flexibility index (Phi) is 1.09. The number of aromatic nitrogens is 2. The molecule has 12 heavy (non-hydrogen) atoms. The maximum absolute atomic E-state index is 3.97. The Morgan fingerprint density at radius 2 is 2.33 bits per heavy atom. The number of aromatic amines is 1. The minimum Gasteiger partial charge on any atom is -0.278 e. The van der Waals surface area contributed by atoms with Crippen molar-refractivity contribution in [2.24, 2.45) is 0 Å². The third-order valence-electron chi connectivity index (χ3n) is 2.39. The minimum absolute atomic E-state index is 0.782. The molecule has 0 bridgehead atoms. The van der Waals surface area contributed by atoms with Gasteiger partial charge in [-0.2, -0.15) is 5.10 Å². The maximum atomic E-state index is 3.97. The van der Waals surface area contributed by atoms with Crippen LogP contribution in [-0.2, 0) is 0 Å². The number of nitrogens with one attached hydrogen (secondary N) is 1. The summed E-state index contributed by atoms with van der Waals surface area (Å²) in [4.78, 5) is 0. The Hall–Kier alpha value is -1.31. The zero-order valence-corrected chi connectivity index (χ0v) is 6.67. The Balaban J connectivity index is 2.21. The fourth-order valence-electron chi connectivity index (χ4n) is 1.53. The third kappa shape index (κ3) is 0.843. The van der Waals surface area contributed by atoms with E-state index < -0.39 is 0 Å². The summed E-state index contributed by atoms with van der Waals surface area (Å²) in [6, 6.07) is 7.62. The zero-order chi connectivity index (χ0) is 7.97. The van der Waals surface area contributed by atoms with E-state index in [9.17, 15) is 0 Å². The molecular formula is C10H9N2. The lowest BCUT2D eigenvalue weighted by Gasteiger charge is -1.95. The molecule has 0 spiro atoms. The Morgan fingerprint density at radius 1 is 1.42 bits per heavy atom. The number of hydrogen-bond donors (Lipinski definition) is 1. The monoisotopic (exact) mass is 157 g/mol. The number of H-pyrrole nitrogens is 1. The van der Waals surface area contributed by atoms with Crippen LogP contribution in [0.4, 0.5) is 0 Å². The van der Waals surface area contributed by atoms with Crippen LogP contribution in [0.2, 0.25) is 0 Å². The fraction of sp³-hybridized carbons (Fsp3) is 0.300. The SMILES string of the molecule is [c]1c(C2CC2)ccc2[nH]ncc12. The van der Waals surface area contributed by atoms with Gasteiger partial charge in [0.1, 0.15) is 0 Å². The van der Waals surface area contributed by atoms with Crippen molar-refractivity contribution in [2.75, 3.05) is 0 Å². The first-order chi connectivity index (χ1) is 5.93. The van der Waals surface area contributed by atoms with Crippen LogP contribution in [0.3, 0.4) is 0 Å². The Morgan fingerprint density at radius 3 is 3.17 bits per heavy atom. The van der Waals surface area contributed by atoms with Crippen LogP contribution in [0.25, 0.3) is 10.9 Å². The van der Waals surface area contributed by atoms with Crippen molar-refractivity contribution in [1.82, 2.24) is 10.2 Å². The molecule has 0 atom stereocenters. The van der Waals surface area contributed by atoms with Gasteiger partial charge in [0, 0.05) is 5.39 Å². The lowest BCUT2D eigenvalue weighted by Crippen LogP contribution is -1.78. The van der Waals surface area contributed by atoms with Gasteiger partial charge in [-0.1, -0.05) is 6.07 Å². The summed E-state index contributed by atoms with van der Waals surface area (Å²) in [7, 11) is 0. The number of rotatable bonds is 1. The summed E-state index contributed by atoms with van der Waals surface area (Å²) in [6.45, 7) is 0. The molecule has 1 N–H and O–H groups in total. The van der Waals surface area contributed by atoms with Crippen LogP contribution in [0.5, 0.6) is 0 Å². The lowest BCUT2D eigenvalue weighted by molar-refractivity contribution is 1.12. The molecule has 1 fully saturated rings. The normalized spacial score (nSPS) is 17.0. The standard InChI is InChI=1S/C10H9N2/c1-2-7(1)8-3-4-10-9(5-8)6-11-12-10/h3-4,6-7H,1-2H2,(H,11,12). The smallest absolute Gasteiger partial charge is 0.0656 e.